The molecule has 0 radical (unpaired) electrons. The molecule has 1 aromatic heterocycles. The summed E-state index contributed by atoms with van der Waals surface area (Å²) >= 11 is 0. The summed E-state index contributed by atoms with van der Waals surface area (Å²) < 4.78 is 0. The number of aromatic nitrogens is 2. The third kappa shape index (κ3) is 2.71. The van der Waals surface area contributed by atoms with E-state index in [4.69, 9.17) is 5.73 Å². The molecule has 2 N–H and O–H groups in total. The number of nitrogens with two attached hydrogens (primary N) is 1. The highest BCUT2D eigenvalue weighted by molar-refractivity contribution is 5.72. The predicted molar refractivity (Wildman–Crippen MR) is 87.4 cm³/mol. The van der Waals surface area contributed by atoms with Crippen LogP contribution < -0.4 is 10.6 Å². The van der Waals surface area contributed by atoms with Crippen LogP contribution in [0.15, 0.2) is 24.3 Å². The highest BCUT2D eigenvalue weighted by Gasteiger charge is 2.15. The van der Waals surface area contributed by atoms with Crippen molar-refractivity contribution in [1.29, 1.82) is 0 Å². The molecule has 0 atom stereocenters. The molecule has 110 valence electrons. The van der Waals surface area contributed by atoms with Crippen molar-refractivity contribution in [3.63, 3.8) is 0 Å². The summed E-state index contributed by atoms with van der Waals surface area (Å²) in [6.07, 6.45) is 3.43. The largest absolute Gasteiger partial charge is 0.372 e. The van der Waals surface area contributed by atoms with Gasteiger partial charge >= 0.3 is 0 Å². The van der Waals surface area contributed by atoms with Crippen molar-refractivity contribution < 1.29 is 0 Å². The maximum absolute atomic E-state index is 5.78. The van der Waals surface area contributed by atoms with Crippen molar-refractivity contribution >= 4 is 11.6 Å². The van der Waals surface area contributed by atoms with E-state index in [9.17, 15) is 0 Å². The first-order valence-electron chi connectivity index (χ1n) is 7.67. The topological polar surface area (TPSA) is 55.0 Å². The Balaban J connectivity index is 2.06. The van der Waals surface area contributed by atoms with Crippen molar-refractivity contribution in [3.05, 3.63) is 35.7 Å². The summed E-state index contributed by atoms with van der Waals surface area (Å²) in [4.78, 5) is 11.2. The highest BCUT2D eigenvalue weighted by Crippen LogP contribution is 2.30. The molecule has 1 aliphatic heterocycles. The molecule has 1 aliphatic rings. The van der Waals surface area contributed by atoms with Gasteiger partial charge in [-0.05, 0) is 43.9 Å². The number of benzene rings is 1. The lowest BCUT2D eigenvalue weighted by molar-refractivity contribution is 0.949. The molecule has 2 heterocycles. The van der Waals surface area contributed by atoms with E-state index in [1.54, 1.807) is 0 Å². The molecule has 2 aromatic rings. The van der Waals surface area contributed by atoms with E-state index in [1.165, 1.54) is 24.1 Å². The normalized spacial score (nSPS) is 14.7. The first-order valence-corrected chi connectivity index (χ1v) is 7.67. The van der Waals surface area contributed by atoms with E-state index in [1.807, 2.05) is 6.92 Å². The zero-order valence-corrected chi connectivity index (χ0v) is 12.8. The lowest BCUT2D eigenvalue weighted by atomic mass is 10.00. The smallest absolute Gasteiger partial charge is 0.220 e. The van der Waals surface area contributed by atoms with Crippen LogP contribution in [-0.2, 0) is 6.42 Å². The Morgan fingerprint density at radius 1 is 1.19 bits per heavy atom. The molecule has 4 nitrogen and oxygen atoms in total. The highest BCUT2D eigenvalue weighted by atomic mass is 15.1. The van der Waals surface area contributed by atoms with Gasteiger partial charge in [-0.2, -0.15) is 0 Å². The van der Waals surface area contributed by atoms with Gasteiger partial charge in [0.15, 0.2) is 0 Å². The summed E-state index contributed by atoms with van der Waals surface area (Å²) in [6, 6.07) is 8.71. The van der Waals surface area contributed by atoms with Gasteiger partial charge in [0.1, 0.15) is 0 Å². The summed E-state index contributed by atoms with van der Waals surface area (Å²) in [5.41, 5.74) is 11.4. The molecule has 0 aliphatic carbocycles. The Kier molecular flexibility index (Phi) is 3.78. The van der Waals surface area contributed by atoms with Gasteiger partial charge in [-0.3, -0.25) is 0 Å². The predicted octanol–water partition coefficient (Wildman–Crippen LogP) is 3.20. The zero-order valence-electron chi connectivity index (χ0n) is 12.8. The van der Waals surface area contributed by atoms with Crippen LogP contribution in [0.4, 0.5) is 11.6 Å². The maximum Gasteiger partial charge on any atom is 0.220 e. The van der Waals surface area contributed by atoms with Crippen LogP contribution in [0, 0.1) is 6.92 Å². The monoisotopic (exact) mass is 282 g/mol. The lowest BCUT2D eigenvalue weighted by Crippen LogP contribution is -2.17. The molecule has 0 saturated carbocycles. The number of hydrogen-bond acceptors (Lipinski definition) is 4. The Morgan fingerprint density at radius 2 is 1.95 bits per heavy atom. The SMILES string of the molecule is CCc1nc(N)nc(C)c1-c1cccc(N2CCCC2)c1. The Bertz CT molecular complexity index is 645. The van der Waals surface area contributed by atoms with Gasteiger partial charge in [0.05, 0.1) is 11.4 Å². The fourth-order valence-corrected chi connectivity index (χ4v) is 3.12. The Hall–Kier alpha value is -2.10. The van der Waals surface area contributed by atoms with E-state index in [2.05, 4.69) is 46.1 Å². The Labute approximate surface area is 126 Å². The quantitative estimate of drug-likeness (QED) is 0.939. The fourth-order valence-electron chi connectivity index (χ4n) is 3.12. The molecule has 1 saturated heterocycles. The fraction of sp³-hybridized carbons (Fsp3) is 0.412. The maximum atomic E-state index is 5.78. The summed E-state index contributed by atoms with van der Waals surface area (Å²) in [5.74, 6) is 0.365. The van der Waals surface area contributed by atoms with E-state index >= 15 is 0 Å². The number of aryl methyl sites for hydroxylation is 2. The van der Waals surface area contributed by atoms with Crippen LogP contribution in [0.1, 0.15) is 31.2 Å². The molecule has 0 spiro atoms. The number of nitrogens with zero attached hydrogens (tertiary/aromatic N) is 3. The average Bonchev–Trinajstić information content (AvgIpc) is 3.00. The van der Waals surface area contributed by atoms with Crippen LogP contribution in [-0.4, -0.2) is 23.1 Å². The van der Waals surface area contributed by atoms with Gasteiger partial charge in [0, 0.05) is 24.3 Å². The van der Waals surface area contributed by atoms with Gasteiger partial charge in [0.2, 0.25) is 5.95 Å². The molecule has 0 amide bonds. The zero-order chi connectivity index (χ0) is 14.8. The van der Waals surface area contributed by atoms with Gasteiger partial charge in [-0.25, -0.2) is 9.97 Å². The van der Waals surface area contributed by atoms with Crippen molar-refractivity contribution in [2.75, 3.05) is 23.7 Å². The third-order valence-electron chi connectivity index (χ3n) is 4.12. The number of hydrogen-bond donors (Lipinski definition) is 1. The van der Waals surface area contributed by atoms with Crippen molar-refractivity contribution in [1.82, 2.24) is 9.97 Å². The number of rotatable bonds is 3. The van der Waals surface area contributed by atoms with E-state index < -0.39 is 0 Å². The second-order valence-electron chi connectivity index (χ2n) is 5.59. The summed E-state index contributed by atoms with van der Waals surface area (Å²) in [5, 5.41) is 0. The van der Waals surface area contributed by atoms with E-state index in [0.29, 0.717) is 5.95 Å². The minimum Gasteiger partial charge on any atom is -0.372 e. The average molecular weight is 282 g/mol. The molecule has 1 fully saturated rings. The summed E-state index contributed by atoms with van der Waals surface area (Å²) in [7, 11) is 0. The lowest BCUT2D eigenvalue weighted by Gasteiger charge is -2.19. The molecule has 4 heteroatoms. The third-order valence-corrected chi connectivity index (χ3v) is 4.12. The van der Waals surface area contributed by atoms with Crippen LogP contribution in [0.25, 0.3) is 11.1 Å². The van der Waals surface area contributed by atoms with Gasteiger partial charge < -0.3 is 10.6 Å². The van der Waals surface area contributed by atoms with Crippen molar-refractivity contribution in [2.24, 2.45) is 0 Å². The summed E-state index contributed by atoms with van der Waals surface area (Å²) in [6.45, 7) is 6.42. The van der Waals surface area contributed by atoms with E-state index in [-0.39, 0.29) is 0 Å². The van der Waals surface area contributed by atoms with Crippen LogP contribution in [0.3, 0.4) is 0 Å². The first kappa shape index (κ1) is 13.9. The van der Waals surface area contributed by atoms with E-state index in [0.717, 1.165) is 36.5 Å². The van der Waals surface area contributed by atoms with Crippen LogP contribution in [0.2, 0.25) is 0 Å². The van der Waals surface area contributed by atoms with Crippen LogP contribution in [0.5, 0.6) is 0 Å². The molecular weight excluding hydrogens is 260 g/mol. The second kappa shape index (κ2) is 5.72. The molecule has 21 heavy (non-hydrogen) atoms. The van der Waals surface area contributed by atoms with Gasteiger partial charge in [0.25, 0.3) is 0 Å². The van der Waals surface area contributed by atoms with Crippen LogP contribution >= 0.6 is 0 Å². The number of nitrogen functional groups attached to an aromatic ring is 1. The minimum atomic E-state index is 0.365. The molecule has 1 aromatic carbocycles. The van der Waals surface area contributed by atoms with Crippen molar-refractivity contribution in [2.45, 2.75) is 33.1 Å². The molecule has 3 rings (SSSR count). The molecular formula is C17H22N4. The van der Waals surface area contributed by atoms with Crippen molar-refractivity contribution in [3.8, 4) is 11.1 Å². The second-order valence-corrected chi connectivity index (χ2v) is 5.59. The van der Waals surface area contributed by atoms with Gasteiger partial charge in [-0.1, -0.05) is 19.1 Å². The number of anilines is 2. The first-order chi connectivity index (χ1) is 10.2. The molecule has 0 unspecified atom stereocenters. The minimum absolute atomic E-state index is 0.365. The van der Waals surface area contributed by atoms with Gasteiger partial charge in [-0.15, -0.1) is 0 Å². The standard InChI is InChI=1S/C17H22N4/c1-3-15-16(12(2)19-17(18)20-15)13-7-6-8-14(11-13)21-9-4-5-10-21/h6-8,11H,3-5,9-10H2,1-2H3,(H2,18,19,20). The molecule has 0 bridgehead atoms. The Morgan fingerprint density at radius 3 is 2.67 bits per heavy atom.